The molecule has 7 nitrogen and oxygen atoms in total. The van der Waals surface area contributed by atoms with Crippen molar-refractivity contribution in [1.29, 1.82) is 0 Å². The van der Waals surface area contributed by atoms with Gasteiger partial charge in [0.05, 0.1) is 0 Å². The van der Waals surface area contributed by atoms with Gasteiger partial charge in [0.1, 0.15) is 11.6 Å². The van der Waals surface area contributed by atoms with Crippen molar-refractivity contribution >= 4 is 23.4 Å². The summed E-state index contributed by atoms with van der Waals surface area (Å²) in [6, 6.07) is 15.8. The minimum atomic E-state index is 0.0459. The molecule has 2 heterocycles. The summed E-state index contributed by atoms with van der Waals surface area (Å²) in [6.45, 7) is 5.16. The van der Waals surface area contributed by atoms with Crippen LogP contribution in [0.25, 0.3) is 0 Å². The summed E-state index contributed by atoms with van der Waals surface area (Å²) in [5.41, 5.74) is 3.50. The number of aryl methyl sites for hydroxylation is 3. The Morgan fingerprint density at radius 2 is 1.69 bits per heavy atom. The van der Waals surface area contributed by atoms with Crippen LogP contribution in [0, 0.1) is 13.8 Å². The molecule has 0 saturated heterocycles. The van der Waals surface area contributed by atoms with E-state index in [0.717, 1.165) is 17.8 Å². The van der Waals surface area contributed by atoms with Crippen molar-refractivity contribution in [1.82, 2.24) is 20.5 Å². The van der Waals surface area contributed by atoms with Crippen LogP contribution in [0.15, 0.2) is 54.7 Å². The van der Waals surface area contributed by atoms with E-state index in [4.69, 9.17) is 0 Å². The molecule has 0 spiro atoms. The molecule has 3 N–H and O–H groups in total. The van der Waals surface area contributed by atoms with Gasteiger partial charge in [0, 0.05) is 25.7 Å². The zero-order valence-electron chi connectivity index (χ0n) is 16.8. The molecule has 1 amide bonds. The third kappa shape index (κ3) is 6.88. The molecule has 0 bridgehead atoms. The number of benzene rings is 1. The molecule has 3 aromatic rings. The zero-order valence-corrected chi connectivity index (χ0v) is 16.8. The molecule has 7 heteroatoms. The molecule has 0 aliphatic rings. The van der Waals surface area contributed by atoms with Gasteiger partial charge in [-0.1, -0.05) is 35.9 Å². The molecule has 0 saturated carbocycles. The number of carbonyl (C=O) groups excluding carboxylic acids is 1. The van der Waals surface area contributed by atoms with Crippen molar-refractivity contribution in [3.63, 3.8) is 0 Å². The van der Waals surface area contributed by atoms with E-state index in [2.05, 4.69) is 50.2 Å². The van der Waals surface area contributed by atoms with Gasteiger partial charge in [-0.3, -0.25) is 4.79 Å². The van der Waals surface area contributed by atoms with Gasteiger partial charge in [-0.2, -0.15) is 0 Å². The Labute approximate surface area is 171 Å². The molecule has 1 aromatic carbocycles. The largest absolute Gasteiger partial charge is 0.367 e. The van der Waals surface area contributed by atoms with Crippen molar-refractivity contribution in [2.45, 2.75) is 26.7 Å². The topological polar surface area (TPSA) is 91.8 Å². The predicted molar refractivity (Wildman–Crippen MR) is 115 cm³/mol. The van der Waals surface area contributed by atoms with Crippen molar-refractivity contribution < 1.29 is 4.79 Å². The Morgan fingerprint density at radius 1 is 0.897 bits per heavy atom. The quantitative estimate of drug-likeness (QED) is 0.485. The molecule has 3 rings (SSSR count). The van der Waals surface area contributed by atoms with Crippen molar-refractivity contribution in [3.8, 4) is 0 Å². The van der Waals surface area contributed by atoms with Crippen LogP contribution in [0.5, 0.6) is 0 Å². The van der Waals surface area contributed by atoms with Gasteiger partial charge >= 0.3 is 0 Å². The van der Waals surface area contributed by atoms with E-state index in [1.807, 2.05) is 43.3 Å². The maximum Gasteiger partial charge on any atom is 0.220 e. The standard InChI is InChI=1S/C22H26N6O/c1-16-4-3-5-18(14-16)7-11-22(29)24-13-12-23-20-9-10-21(28-27-20)26-19-8-6-17(2)15-25-19/h3-6,8-10,14-15H,7,11-13H2,1-2H3,(H,23,27)(H,24,29)(H,25,26,28). The molecule has 0 radical (unpaired) electrons. The maximum absolute atomic E-state index is 12.0. The monoisotopic (exact) mass is 390 g/mol. The first-order chi connectivity index (χ1) is 14.1. The minimum absolute atomic E-state index is 0.0459. The number of anilines is 3. The van der Waals surface area contributed by atoms with E-state index in [1.165, 1.54) is 11.1 Å². The van der Waals surface area contributed by atoms with Crippen molar-refractivity contribution in [2.24, 2.45) is 0 Å². The van der Waals surface area contributed by atoms with E-state index in [1.54, 1.807) is 6.20 Å². The summed E-state index contributed by atoms with van der Waals surface area (Å²) in [4.78, 5) is 16.2. The lowest BCUT2D eigenvalue weighted by Crippen LogP contribution is -2.29. The van der Waals surface area contributed by atoms with Gasteiger partial charge in [-0.25, -0.2) is 4.98 Å². The average Bonchev–Trinajstić information content (AvgIpc) is 2.73. The molecule has 150 valence electrons. The van der Waals surface area contributed by atoms with Crippen LogP contribution < -0.4 is 16.0 Å². The van der Waals surface area contributed by atoms with Gasteiger partial charge in [0.25, 0.3) is 0 Å². The van der Waals surface area contributed by atoms with Crippen LogP contribution >= 0.6 is 0 Å². The third-order valence-corrected chi connectivity index (χ3v) is 4.31. The molecule has 2 aromatic heterocycles. The molecule has 0 fully saturated rings. The van der Waals surface area contributed by atoms with Crippen LogP contribution in [0.2, 0.25) is 0 Å². The lowest BCUT2D eigenvalue weighted by atomic mass is 10.1. The highest BCUT2D eigenvalue weighted by molar-refractivity contribution is 5.76. The summed E-state index contributed by atoms with van der Waals surface area (Å²) >= 11 is 0. The fourth-order valence-corrected chi connectivity index (χ4v) is 2.77. The Balaban J connectivity index is 1.34. The number of pyridine rings is 1. The van der Waals surface area contributed by atoms with Gasteiger partial charge in [0.15, 0.2) is 5.82 Å². The second-order valence-electron chi connectivity index (χ2n) is 6.92. The summed E-state index contributed by atoms with van der Waals surface area (Å²) in [7, 11) is 0. The van der Waals surface area contributed by atoms with E-state index >= 15 is 0 Å². The lowest BCUT2D eigenvalue weighted by Gasteiger charge is -2.08. The van der Waals surface area contributed by atoms with Crippen molar-refractivity contribution in [3.05, 3.63) is 71.4 Å². The Hall–Kier alpha value is -3.48. The van der Waals surface area contributed by atoms with Gasteiger partial charge in [-0.15, -0.1) is 10.2 Å². The first-order valence-electron chi connectivity index (χ1n) is 9.68. The van der Waals surface area contributed by atoms with Crippen LogP contribution in [-0.4, -0.2) is 34.2 Å². The highest BCUT2D eigenvalue weighted by atomic mass is 16.1. The number of amides is 1. The number of hydrogen-bond acceptors (Lipinski definition) is 6. The second kappa shape index (κ2) is 10.2. The minimum Gasteiger partial charge on any atom is -0.367 e. The molecule has 0 aliphatic carbocycles. The summed E-state index contributed by atoms with van der Waals surface area (Å²) in [5.74, 6) is 2.04. The number of carbonyl (C=O) groups is 1. The number of nitrogens with zero attached hydrogens (tertiary/aromatic N) is 3. The van der Waals surface area contributed by atoms with Gasteiger partial charge < -0.3 is 16.0 Å². The first kappa shape index (κ1) is 20.3. The molecule has 29 heavy (non-hydrogen) atoms. The number of hydrogen-bond donors (Lipinski definition) is 3. The Morgan fingerprint density at radius 3 is 2.41 bits per heavy atom. The molecule has 0 aliphatic heterocycles. The van der Waals surface area contributed by atoms with Gasteiger partial charge in [-0.05, 0) is 49.6 Å². The van der Waals surface area contributed by atoms with E-state index in [9.17, 15) is 4.79 Å². The number of aromatic nitrogens is 3. The Kier molecular flexibility index (Phi) is 7.10. The summed E-state index contributed by atoms with van der Waals surface area (Å²) in [6.07, 6.45) is 3.02. The fraction of sp³-hybridized carbons (Fsp3) is 0.273. The molecule has 0 unspecified atom stereocenters. The van der Waals surface area contributed by atoms with E-state index < -0.39 is 0 Å². The van der Waals surface area contributed by atoms with E-state index in [-0.39, 0.29) is 5.91 Å². The normalized spacial score (nSPS) is 10.4. The van der Waals surface area contributed by atoms with Crippen LogP contribution in [-0.2, 0) is 11.2 Å². The summed E-state index contributed by atoms with van der Waals surface area (Å²) in [5, 5.41) is 17.4. The SMILES string of the molecule is Cc1ccc(Nc2ccc(NCCNC(=O)CCc3cccc(C)c3)nn2)nc1. The Bertz CT molecular complexity index is 925. The summed E-state index contributed by atoms with van der Waals surface area (Å²) < 4.78 is 0. The fourth-order valence-electron chi connectivity index (χ4n) is 2.77. The lowest BCUT2D eigenvalue weighted by molar-refractivity contribution is -0.120. The highest BCUT2D eigenvalue weighted by Crippen LogP contribution is 2.12. The molecular weight excluding hydrogens is 364 g/mol. The average molecular weight is 390 g/mol. The molecular formula is C22H26N6O. The zero-order chi connectivity index (χ0) is 20.5. The number of rotatable bonds is 9. The highest BCUT2D eigenvalue weighted by Gasteiger charge is 2.03. The van der Waals surface area contributed by atoms with Crippen LogP contribution in [0.3, 0.4) is 0 Å². The van der Waals surface area contributed by atoms with Crippen molar-refractivity contribution in [2.75, 3.05) is 23.7 Å². The predicted octanol–water partition coefficient (Wildman–Crippen LogP) is 3.39. The number of nitrogens with one attached hydrogen (secondary N) is 3. The third-order valence-electron chi connectivity index (χ3n) is 4.31. The smallest absolute Gasteiger partial charge is 0.220 e. The first-order valence-corrected chi connectivity index (χ1v) is 9.68. The molecule has 0 atom stereocenters. The van der Waals surface area contributed by atoms with Gasteiger partial charge in [0.2, 0.25) is 5.91 Å². The maximum atomic E-state index is 12.0. The van der Waals surface area contributed by atoms with Crippen LogP contribution in [0.1, 0.15) is 23.1 Å². The second-order valence-corrected chi connectivity index (χ2v) is 6.92. The van der Waals surface area contributed by atoms with Crippen LogP contribution in [0.4, 0.5) is 17.5 Å². The van der Waals surface area contributed by atoms with E-state index in [0.29, 0.717) is 31.1 Å².